The van der Waals surface area contributed by atoms with E-state index in [0.29, 0.717) is 37.4 Å². The predicted molar refractivity (Wildman–Crippen MR) is 205 cm³/mol. The van der Waals surface area contributed by atoms with Crippen molar-refractivity contribution in [2.75, 3.05) is 50.1 Å². The number of aliphatic hydroxyl groups excluding tert-OH is 3. The highest BCUT2D eigenvalue weighted by Crippen LogP contribution is 2.51. The van der Waals surface area contributed by atoms with Gasteiger partial charge in [-0.2, -0.15) is 10.1 Å². The number of likely N-dealkylation sites (N-methyl/N-ethyl adjacent to an activating group) is 2. The average molecular weight is 875 g/mol. The SMILES string of the molecule is CN(CCN(C)C(=O)N(c1cnn(C)c1)c1nccc(N2C[C@H]3CC[C@@H](C2)N3C(=O)[C@@H]2CC2(F)F)n1)C(=O)OCc1ccc(O[C@@H]2O[C@H](C(=O)O)[C@@H](O)[C@H](O)[C@H]2O)c([N+](=O)[O-])c1. The number of halogens is 2. The first kappa shape index (κ1) is 43.8. The quantitative estimate of drug-likeness (QED) is 0.136. The largest absolute Gasteiger partial charge is 0.479 e. The minimum atomic E-state index is -2.96. The van der Waals surface area contributed by atoms with Crippen LogP contribution in [0.4, 0.5) is 41.5 Å². The molecule has 3 aliphatic heterocycles. The highest BCUT2D eigenvalue weighted by molar-refractivity contribution is 5.97. The molecule has 334 valence electrons. The second kappa shape index (κ2) is 17.2. The second-order valence-electron chi connectivity index (χ2n) is 15.6. The number of rotatable bonds is 13. The first-order chi connectivity index (χ1) is 29.3. The zero-order valence-corrected chi connectivity index (χ0v) is 33.5. The van der Waals surface area contributed by atoms with Crippen molar-refractivity contribution in [3.8, 4) is 5.75 Å². The number of piperazine rings is 1. The van der Waals surface area contributed by atoms with E-state index in [1.807, 2.05) is 4.90 Å². The van der Waals surface area contributed by atoms with Crippen molar-refractivity contribution in [1.29, 1.82) is 0 Å². The number of fused-ring (bicyclic) bond motifs is 2. The molecule has 7 rings (SSSR count). The van der Waals surface area contributed by atoms with E-state index in [0.717, 1.165) is 12.1 Å². The van der Waals surface area contributed by atoms with Gasteiger partial charge in [-0.05, 0) is 30.5 Å². The highest BCUT2D eigenvalue weighted by atomic mass is 19.3. The number of anilines is 3. The van der Waals surface area contributed by atoms with Gasteiger partial charge in [0.15, 0.2) is 11.9 Å². The summed E-state index contributed by atoms with van der Waals surface area (Å²) in [5.41, 5.74) is -0.195. The molecule has 62 heavy (non-hydrogen) atoms. The Kier molecular flexibility index (Phi) is 12.2. The Labute approximate surface area is 350 Å². The molecule has 2 aromatic heterocycles. The molecule has 25 heteroatoms. The normalized spacial score (nSPS) is 26.1. The maximum absolute atomic E-state index is 14.1. The Hall–Kier alpha value is -6.31. The van der Waals surface area contributed by atoms with E-state index in [4.69, 9.17) is 19.2 Å². The number of aliphatic carboxylic acids is 1. The molecule has 4 amide bonds. The first-order valence-corrected chi connectivity index (χ1v) is 19.4. The highest BCUT2D eigenvalue weighted by Gasteiger charge is 2.64. The number of nitrogens with zero attached hydrogens (tertiary/aromatic N) is 10. The monoisotopic (exact) mass is 874 g/mol. The lowest BCUT2D eigenvalue weighted by Crippen LogP contribution is -2.61. The van der Waals surface area contributed by atoms with Gasteiger partial charge in [0, 0.05) is 84.3 Å². The lowest BCUT2D eigenvalue weighted by Gasteiger charge is -2.41. The van der Waals surface area contributed by atoms with Crippen LogP contribution in [-0.4, -0.2) is 173 Å². The number of nitro groups is 1. The standard InChI is InChI=1S/C37H44F2N10O13/c1-43(10-11-44(2)36(57)60-18-19-4-7-25(24(12-19)49(58)59)61-33-29(52)27(50)28(51)30(62-33)32(54)55)35(56)48(22-14-41-45(3)15-22)34-40-9-8-26(42-34)46-16-20-5-6-21(17-46)47(20)31(53)23-13-37(23,38)39/h4,7-9,12,14-15,20-21,23,27-30,33,50-52H,5-6,10-11,13,16-18H2,1-3H3,(H,54,55)/t20-,21+,23-,27-,28-,29+,30-,33+/m0/s1. The van der Waals surface area contributed by atoms with E-state index in [1.165, 1.54) is 51.9 Å². The van der Waals surface area contributed by atoms with Crippen molar-refractivity contribution in [2.24, 2.45) is 13.0 Å². The molecule has 3 saturated heterocycles. The third-order valence-electron chi connectivity index (χ3n) is 11.2. The molecule has 3 aromatic rings. The predicted octanol–water partition coefficient (Wildman–Crippen LogP) is 0.683. The number of alkyl halides is 2. The molecule has 5 heterocycles. The number of carbonyl (C=O) groups excluding carboxylic acids is 3. The average Bonchev–Trinajstić information content (AvgIpc) is 3.53. The van der Waals surface area contributed by atoms with Gasteiger partial charge in [0.2, 0.25) is 18.1 Å². The van der Waals surface area contributed by atoms with Gasteiger partial charge in [-0.3, -0.25) is 19.6 Å². The van der Waals surface area contributed by atoms with Gasteiger partial charge in [-0.25, -0.2) is 33.0 Å². The number of aryl methyl sites for hydroxylation is 1. The molecule has 0 unspecified atom stereocenters. The van der Waals surface area contributed by atoms with Crippen LogP contribution in [0.2, 0.25) is 0 Å². The van der Waals surface area contributed by atoms with Gasteiger partial charge < -0.3 is 54.2 Å². The van der Waals surface area contributed by atoms with Crippen LogP contribution >= 0.6 is 0 Å². The van der Waals surface area contributed by atoms with Crippen molar-refractivity contribution in [3.63, 3.8) is 0 Å². The third kappa shape index (κ3) is 8.86. The van der Waals surface area contributed by atoms with Crippen LogP contribution in [0, 0.1) is 16.0 Å². The Balaban J connectivity index is 0.960. The van der Waals surface area contributed by atoms with Crippen molar-refractivity contribution in [1.82, 2.24) is 34.4 Å². The number of ether oxygens (including phenoxy) is 3. The molecule has 4 N–H and O–H groups in total. The summed E-state index contributed by atoms with van der Waals surface area (Å²) >= 11 is 0. The molecule has 8 atom stereocenters. The zero-order valence-electron chi connectivity index (χ0n) is 33.5. The molecule has 1 aromatic carbocycles. The van der Waals surface area contributed by atoms with Gasteiger partial charge in [0.05, 0.1) is 16.8 Å². The van der Waals surface area contributed by atoms with E-state index in [1.54, 1.807) is 24.2 Å². The van der Waals surface area contributed by atoms with Crippen molar-refractivity contribution in [3.05, 3.63) is 58.5 Å². The Morgan fingerprint density at radius 1 is 1.03 bits per heavy atom. The minimum Gasteiger partial charge on any atom is -0.479 e. The van der Waals surface area contributed by atoms with Gasteiger partial charge in [0.1, 0.15) is 36.7 Å². The number of nitro benzene ring substituents is 1. The molecule has 2 bridgehead atoms. The fourth-order valence-electron chi connectivity index (χ4n) is 7.65. The summed E-state index contributed by atoms with van der Waals surface area (Å²) in [6.45, 7) is 0.245. The van der Waals surface area contributed by atoms with Crippen molar-refractivity contribution < 1.29 is 67.5 Å². The van der Waals surface area contributed by atoms with Gasteiger partial charge in [-0.15, -0.1) is 0 Å². The molecule has 4 aliphatic rings. The van der Waals surface area contributed by atoms with Gasteiger partial charge in [0.25, 0.3) is 5.92 Å². The van der Waals surface area contributed by atoms with E-state index in [2.05, 4.69) is 10.1 Å². The number of hydrogen-bond acceptors (Lipinski definition) is 16. The molecule has 4 fully saturated rings. The zero-order chi connectivity index (χ0) is 44.8. The molecule has 0 spiro atoms. The fraction of sp³-hybridized carbons (Fsp3) is 0.541. The molecule has 1 aliphatic carbocycles. The Morgan fingerprint density at radius 2 is 1.71 bits per heavy atom. The van der Waals surface area contributed by atoms with Crippen LogP contribution < -0.4 is 14.5 Å². The van der Waals surface area contributed by atoms with Crippen LogP contribution in [0.25, 0.3) is 0 Å². The van der Waals surface area contributed by atoms with E-state index >= 15 is 0 Å². The summed E-state index contributed by atoms with van der Waals surface area (Å²) in [4.78, 5) is 78.8. The summed E-state index contributed by atoms with van der Waals surface area (Å²) in [7, 11) is 4.57. The number of aromatic nitrogens is 4. The Morgan fingerprint density at radius 3 is 2.32 bits per heavy atom. The number of carboxylic acids is 1. The number of carbonyl (C=O) groups is 4. The number of urea groups is 1. The number of amides is 4. The second-order valence-corrected chi connectivity index (χ2v) is 15.6. The van der Waals surface area contributed by atoms with E-state index in [9.17, 15) is 58.5 Å². The first-order valence-electron chi connectivity index (χ1n) is 19.4. The smallest absolute Gasteiger partial charge is 0.409 e. The maximum Gasteiger partial charge on any atom is 0.409 e. The van der Waals surface area contributed by atoms with Crippen LogP contribution in [0.5, 0.6) is 5.75 Å². The third-order valence-corrected chi connectivity index (χ3v) is 11.2. The Bertz CT molecular complexity index is 2200. The maximum atomic E-state index is 14.1. The van der Waals surface area contributed by atoms with Crippen LogP contribution in [-0.2, 0) is 32.7 Å². The lowest BCUT2D eigenvalue weighted by molar-refractivity contribution is -0.387. The van der Waals surface area contributed by atoms with Crippen LogP contribution in [0.3, 0.4) is 0 Å². The number of hydrogen-bond donors (Lipinski definition) is 4. The van der Waals surface area contributed by atoms with Gasteiger partial charge >= 0.3 is 23.8 Å². The van der Waals surface area contributed by atoms with Crippen LogP contribution in [0.1, 0.15) is 24.8 Å². The van der Waals surface area contributed by atoms with E-state index < -0.39 is 95.9 Å². The van der Waals surface area contributed by atoms with Crippen LogP contribution in [0.15, 0.2) is 42.9 Å². The molecule has 1 saturated carbocycles. The van der Waals surface area contributed by atoms with Crippen molar-refractivity contribution >= 4 is 47.1 Å². The molecule has 0 radical (unpaired) electrons. The summed E-state index contributed by atoms with van der Waals surface area (Å²) in [5, 5.41) is 55.6. The summed E-state index contributed by atoms with van der Waals surface area (Å²) < 4.78 is 44.7. The lowest BCUT2D eigenvalue weighted by atomic mass is 9.99. The molecular weight excluding hydrogens is 830 g/mol. The van der Waals surface area contributed by atoms with E-state index in [-0.39, 0.29) is 36.7 Å². The number of benzene rings is 1. The summed E-state index contributed by atoms with van der Waals surface area (Å²) in [6.07, 6.45) is -5.28. The van der Waals surface area contributed by atoms with Gasteiger partial charge in [-0.1, -0.05) is 6.07 Å². The number of aliphatic hydroxyl groups is 3. The minimum absolute atomic E-state index is 0.0115. The summed E-state index contributed by atoms with van der Waals surface area (Å²) in [5.74, 6) is -6.40. The summed E-state index contributed by atoms with van der Waals surface area (Å²) in [6, 6.07) is 3.97. The molecule has 23 nitrogen and oxygen atoms in total. The van der Waals surface area contributed by atoms with Crippen molar-refractivity contribution in [2.45, 2.75) is 74.6 Å². The fourth-order valence-corrected chi connectivity index (χ4v) is 7.65. The molecular formula is C37H44F2N10O13. The topological polar surface area (TPSA) is 280 Å². The number of carboxylic acid groups (broad SMARTS) is 1.